The molecule has 0 bridgehead atoms. The van der Waals surface area contributed by atoms with Gasteiger partial charge in [0, 0.05) is 51.9 Å². The second kappa shape index (κ2) is 6.16. The van der Waals surface area contributed by atoms with E-state index in [9.17, 15) is 10.2 Å². The van der Waals surface area contributed by atoms with Gasteiger partial charge in [-0.05, 0) is 25.9 Å². The summed E-state index contributed by atoms with van der Waals surface area (Å²) in [6, 6.07) is 0. The number of hydrogen-bond donors (Lipinski definition) is 2. The predicted octanol–water partition coefficient (Wildman–Crippen LogP) is -0.0934. The zero-order valence-corrected chi connectivity index (χ0v) is 12.4. The van der Waals surface area contributed by atoms with Gasteiger partial charge in [-0.2, -0.15) is 0 Å². The van der Waals surface area contributed by atoms with E-state index in [0.29, 0.717) is 25.7 Å². The summed E-state index contributed by atoms with van der Waals surface area (Å²) in [5.74, 6) is 11.2. The molecule has 2 saturated heterocycles. The molecule has 0 aromatic heterocycles. The van der Waals surface area contributed by atoms with Crippen LogP contribution in [0.15, 0.2) is 0 Å². The summed E-state index contributed by atoms with van der Waals surface area (Å²) >= 11 is 0. The SMILES string of the molecule is CN1CCC(O)(C#CC#CC2(O)CCN(C)CC2)CC1. The lowest BCUT2D eigenvalue weighted by Gasteiger charge is -2.32. The second-order valence-corrected chi connectivity index (χ2v) is 6.17. The van der Waals surface area contributed by atoms with Gasteiger partial charge in [-0.1, -0.05) is 11.8 Å². The molecule has 4 nitrogen and oxygen atoms in total. The van der Waals surface area contributed by atoms with Gasteiger partial charge in [-0.3, -0.25) is 0 Å². The number of likely N-dealkylation sites (tertiary alicyclic amines) is 2. The van der Waals surface area contributed by atoms with Gasteiger partial charge >= 0.3 is 0 Å². The fraction of sp³-hybridized carbons (Fsp3) is 0.750. The smallest absolute Gasteiger partial charge is 0.128 e. The first-order valence-electron chi connectivity index (χ1n) is 7.27. The van der Waals surface area contributed by atoms with Crippen molar-refractivity contribution in [3.05, 3.63) is 0 Å². The van der Waals surface area contributed by atoms with E-state index in [0.717, 1.165) is 26.2 Å². The summed E-state index contributed by atoms with van der Waals surface area (Å²) in [6.45, 7) is 3.42. The molecule has 0 atom stereocenters. The molecule has 110 valence electrons. The van der Waals surface area contributed by atoms with Crippen LogP contribution in [0.4, 0.5) is 0 Å². The Kier molecular flexibility index (Phi) is 4.73. The lowest BCUT2D eigenvalue weighted by atomic mass is 9.91. The minimum Gasteiger partial charge on any atom is -0.377 e. The molecule has 2 rings (SSSR count). The van der Waals surface area contributed by atoms with Crippen LogP contribution in [0.5, 0.6) is 0 Å². The van der Waals surface area contributed by atoms with E-state index in [1.54, 1.807) is 0 Å². The molecule has 0 aliphatic carbocycles. The Morgan fingerprint density at radius 1 is 0.700 bits per heavy atom. The van der Waals surface area contributed by atoms with Crippen LogP contribution in [0, 0.1) is 23.7 Å². The summed E-state index contributed by atoms with van der Waals surface area (Å²) < 4.78 is 0. The summed E-state index contributed by atoms with van der Waals surface area (Å²) in [5, 5.41) is 20.6. The molecule has 0 aromatic rings. The van der Waals surface area contributed by atoms with E-state index in [4.69, 9.17) is 0 Å². The third kappa shape index (κ3) is 4.23. The van der Waals surface area contributed by atoms with Crippen LogP contribution in [-0.4, -0.2) is 71.5 Å². The summed E-state index contributed by atoms with van der Waals surface area (Å²) in [5.41, 5.74) is -1.81. The molecule has 0 spiro atoms. The fourth-order valence-electron chi connectivity index (χ4n) is 2.52. The van der Waals surface area contributed by atoms with Crippen LogP contribution < -0.4 is 0 Å². The highest BCUT2D eigenvalue weighted by Crippen LogP contribution is 2.21. The maximum atomic E-state index is 10.3. The highest BCUT2D eigenvalue weighted by molar-refractivity contribution is 5.33. The average molecular weight is 276 g/mol. The molecule has 0 unspecified atom stereocenters. The third-order valence-electron chi connectivity index (χ3n) is 4.28. The van der Waals surface area contributed by atoms with Gasteiger partial charge in [-0.25, -0.2) is 0 Å². The quantitative estimate of drug-likeness (QED) is 0.607. The Bertz CT molecular complexity index is 406. The van der Waals surface area contributed by atoms with Gasteiger partial charge in [-0.15, -0.1) is 0 Å². The van der Waals surface area contributed by atoms with Crippen molar-refractivity contribution in [2.45, 2.75) is 36.9 Å². The molecule has 2 N–H and O–H groups in total. The van der Waals surface area contributed by atoms with Gasteiger partial charge in [0.25, 0.3) is 0 Å². The molecular formula is C16H24N2O2. The Balaban J connectivity index is 1.93. The summed E-state index contributed by atoms with van der Waals surface area (Å²) in [7, 11) is 4.09. The summed E-state index contributed by atoms with van der Waals surface area (Å²) in [4.78, 5) is 4.37. The topological polar surface area (TPSA) is 46.9 Å². The highest BCUT2D eigenvalue weighted by Gasteiger charge is 2.30. The van der Waals surface area contributed by atoms with Crippen molar-refractivity contribution in [1.29, 1.82) is 0 Å². The molecule has 2 aliphatic heterocycles. The largest absolute Gasteiger partial charge is 0.377 e. The first-order valence-corrected chi connectivity index (χ1v) is 7.27. The molecule has 20 heavy (non-hydrogen) atoms. The van der Waals surface area contributed by atoms with Crippen LogP contribution in [0.2, 0.25) is 0 Å². The van der Waals surface area contributed by atoms with Crippen LogP contribution in [-0.2, 0) is 0 Å². The molecule has 2 heterocycles. The lowest BCUT2D eigenvalue weighted by Crippen LogP contribution is -2.42. The maximum Gasteiger partial charge on any atom is 0.128 e. The molecule has 2 fully saturated rings. The van der Waals surface area contributed by atoms with E-state index in [1.165, 1.54) is 0 Å². The standard InChI is InChI=1S/C16H24N2O2/c1-17-11-7-15(19,8-12-17)5-3-4-6-16(20)9-13-18(2)14-10-16/h19-20H,7-14H2,1-2H3. The number of hydrogen-bond acceptors (Lipinski definition) is 4. The first-order chi connectivity index (χ1) is 9.41. The van der Waals surface area contributed by atoms with Crippen LogP contribution in [0.3, 0.4) is 0 Å². The number of piperidine rings is 2. The Morgan fingerprint density at radius 3 is 1.30 bits per heavy atom. The zero-order chi connectivity index (χ0) is 14.6. The van der Waals surface area contributed by atoms with Crippen molar-refractivity contribution in [1.82, 2.24) is 9.80 Å². The minimum absolute atomic E-state index is 0.660. The normalized spacial score (nSPS) is 26.0. The van der Waals surface area contributed by atoms with Crippen molar-refractivity contribution in [3.63, 3.8) is 0 Å². The molecular weight excluding hydrogens is 252 g/mol. The molecule has 0 radical (unpaired) electrons. The van der Waals surface area contributed by atoms with Gasteiger partial charge in [0.15, 0.2) is 0 Å². The third-order valence-corrected chi connectivity index (χ3v) is 4.28. The van der Waals surface area contributed by atoms with E-state index >= 15 is 0 Å². The first kappa shape index (κ1) is 15.4. The monoisotopic (exact) mass is 276 g/mol. The van der Waals surface area contributed by atoms with Crippen molar-refractivity contribution in [3.8, 4) is 23.7 Å². The van der Waals surface area contributed by atoms with Crippen molar-refractivity contribution >= 4 is 0 Å². The fourth-order valence-corrected chi connectivity index (χ4v) is 2.52. The van der Waals surface area contributed by atoms with E-state index in [-0.39, 0.29) is 0 Å². The Morgan fingerprint density at radius 2 is 1.00 bits per heavy atom. The Hall–Kier alpha value is -1.04. The summed E-state index contributed by atoms with van der Waals surface area (Å²) in [6.07, 6.45) is 2.64. The average Bonchev–Trinajstić information content (AvgIpc) is 2.43. The lowest BCUT2D eigenvalue weighted by molar-refractivity contribution is 0.0343. The van der Waals surface area contributed by atoms with Crippen LogP contribution >= 0.6 is 0 Å². The van der Waals surface area contributed by atoms with Crippen LogP contribution in [0.1, 0.15) is 25.7 Å². The van der Waals surface area contributed by atoms with E-state index in [1.807, 2.05) is 14.1 Å². The van der Waals surface area contributed by atoms with E-state index in [2.05, 4.69) is 33.5 Å². The molecule has 4 heteroatoms. The van der Waals surface area contributed by atoms with Gasteiger partial charge in [0.1, 0.15) is 11.2 Å². The molecule has 2 aliphatic rings. The second-order valence-electron chi connectivity index (χ2n) is 6.17. The zero-order valence-electron chi connectivity index (χ0n) is 12.4. The van der Waals surface area contributed by atoms with Gasteiger partial charge in [0.2, 0.25) is 0 Å². The van der Waals surface area contributed by atoms with Crippen LogP contribution in [0.25, 0.3) is 0 Å². The molecule has 0 aromatic carbocycles. The van der Waals surface area contributed by atoms with Crippen molar-refractivity contribution in [2.75, 3.05) is 40.3 Å². The molecule has 0 saturated carbocycles. The number of rotatable bonds is 0. The minimum atomic E-state index is -0.906. The molecule has 0 amide bonds. The van der Waals surface area contributed by atoms with Crippen molar-refractivity contribution < 1.29 is 10.2 Å². The maximum absolute atomic E-state index is 10.3. The number of nitrogens with zero attached hydrogens (tertiary/aromatic N) is 2. The van der Waals surface area contributed by atoms with E-state index < -0.39 is 11.2 Å². The number of aliphatic hydroxyl groups is 2. The predicted molar refractivity (Wildman–Crippen MR) is 78.9 cm³/mol. The van der Waals surface area contributed by atoms with Gasteiger partial charge in [0.05, 0.1) is 0 Å². The highest BCUT2D eigenvalue weighted by atomic mass is 16.3. The van der Waals surface area contributed by atoms with Crippen molar-refractivity contribution in [2.24, 2.45) is 0 Å². The van der Waals surface area contributed by atoms with Gasteiger partial charge < -0.3 is 20.0 Å². The Labute approximate surface area is 121 Å².